The molecule has 0 radical (unpaired) electrons. The van der Waals surface area contributed by atoms with Crippen molar-refractivity contribution in [2.45, 2.75) is 33.3 Å². The number of aliphatic hydroxyl groups excluding tert-OH is 1. The molecule has 0 fully saturated rings. The van der Waals surface area contributed by atoms with Gasteiger partial charge < -0.3 is 10.8 Å². The number of rotatable bonds is 4. The zero-order valence-electron chi connectivity index (χ0n) is 9.83. The molecule has 0 bridgehead atoms. The molecule has 2 heteroatoms. The normalized spacial score (nSPS) is 17.1. The van der Waals surface area contributed by atoms with Crippen LogP contribution in [0.25, 0.3) is 0 Å². The molecule has 2 nitrogen and oxygen atoms in total. The summed E-state index contributed by atoms with van der Waals surface area (Å²) >= 11 is 0. The van der Waals surface area contributed by atoms with Gasteiger partial charge >= 0.3 is 0 Å². The topological polar surface area (TPSA) is 46.2 Å². The van der Waals surface area contributed by atoms with Gasteiger partial charge in [0.2, 0.25) is 0 Å². The Bertz CT molecular complexity index is 318. The molecule has 0 amide bonds. The van der Waals surface area contributed by atoms with Gasteiger partial charge in [0.05, 0.1) is 6.10 Å². The Morgan fingerprint density at radius 2 is 2.13 bits per heavy atom. The second-order valence-electron chi connectivity index (χ2n) is 4.53. The molecular weight excluding hydrogens is 186 g/mol. The third-order valence-electron chi connectivity index (χ3n) is 3.29. The molecule has 2 unspecified atom stereocenters. The minimum absolute atomic E-state index is 0.228. The van der Waals surface area contributed by atoms with Gasteiger partial charge in [-0.1, -0.05) is 43.7 Å². The molecule has 1 aromatic carbocycles. The van der Waals surface area contributed by atoms with Crippen LogP contribution in [-0.4, -0.2) is 11.7 Å². The van der Waals surface area contributed by atoms with E-state index in [0.717, 1.165) is 12.0 Å². The Hall–Kier alpha value is -0.860. The highest BCUT2D eigenvalue weighted by Gasteiger charge is 2.30. The lowest BCUT2D eigenvalue weighted by Gasteiger charge is -2.32. The van der Waals surface area contributed by atoms with Crippen LogP contribution in [0.1, 0.15) is 37.5 Å². The fraction of sp³-hybridized carbons (Fsp3) is 0.538. The molecule has 0 spiro atoms. The lowest BCUT2D eigenvalue weighted by Crippen LogP contribution is -2.33. The molecule has 0 aliphatic rings. The highest BCUT2D eigenvalue weighted by atomic mass is 16.3. The molecule has 0 aliphatic carbocycles. The smallest absolute Gasteiger partial charge is 0.0855 e. The summed E-state index contributed by atoms with van der Waals surface area (Å²) in [6.07, 6.45) is 0.394. The first-order valence-electron chi connectivity index (χ1n) is 5.48. The van der Waals surface area contributed by atoms with Crippen molar-refractivity contribution in [1.82, 2.24) is 0 Å². The van der Waals surface area contributed by atoms with E-state index in [2.05, 4.69) is 6.92 Å². The molecule has 0 heterocycles. The minimum Gasteiger partial charge on any atom is -0.388 e. The molecular formula is C13H21NO. The van der Waals surface area contributed by atoms with E-state index >= 15 is 0 Å². The maximum atomic E-state index is 10.3. The van der Waals surface area contributed by atoms with Crippen LogP contribution in [0.15, 0.2) is 24.3 Å². The van der Waals surface area contributed by atoms with Crippen LogP contribution in [0.3, 0.4) is 0 Å². The van der Waals surface area contributed by atoms with E-state index in [1.165, 1.54) is 5.56 Å². The Kier molecular flexibility index (Phi) is 3.89. The standard InChI is InChI=1S/C13H21NO/c1-4-13(3,9-14)12(15)11-7-5-6-10(2)8-11/h5-8,12,15H,4,9,14H2,1-3H3. The Morgan fingerprint density at radius 3 is 2.60 bits per heavy atom. The van der Waals surface area contributed by atoms with Gasteiger partial charge in [-0.15, -0.1) is 0 Å². The fourth-order valence-electron chi connectivity index (χ4n) is 1.69. The number of aryl methyl sites for hydroxylation is 1. The molecule has 84 valence electrons. The van der Waals surface area contributed by atoms with Crippen molar-refractivity contribution in [2.75, 3.05) is 6.54 Å². The lowest BCUT2D eigenvalue weighted by molar-refractivity contribution is 0.0391. The summed E-state index contributed by atoms with van der Waals surface area (Å²) in [4.78, 5) is 0. The van der Waals surface area contributed by atoms with Gasteiger partial charge in [-0.05, 0) is 18.9 Å². The zero-order valence-corrected chi connectivity index (χ0v) is 9.83. The average Bonchev–Trinajstić information content (AvgIpc) is 2.27. The van der Waals surface area contributed by atoms with Crippen LogP contribution in [0.5, 0.6) is 0 Å². The number of aliphatic hydroxyl groups is 1. The summed E-state index contributed by atoms with van der Waals surface area (Å²) in [6.45, 7) is 6.62. The summed E-state index contributed by atoms with van der Waals surface area (Å²) in [5.74, 6) is 0. The van der Waals surface area contributed by atoms with Crippen LogP contribution in [0.4, 0.5) is 0 Å². The van der Waals surface area contributed by atoms with Crippen molar-refractivity contribution in [3.8, 4) is 0 Å². The summed E-state index contributed by atoms with van der Waals surface area (Å²) < 4.78 is 0. The van der Waals surface area contributed by atoms with Gasteiger partial charge in [0.15, 0.2) is 0 Å². The second kappa shape index (κ2) is 4.77. The Labute approximate surface area is 92.1 Å². The average molecular weight is 207 g/mol. The van der Waals surface area contributed by atoms with Gasteiger partial charge in [0, 0.05) is 12.0 Å². The van der Waals surface area contributed by atoms with Gasteiger partial charge in [0.25, 0.3) is 0 Å². The summed E-state index contributed by atoms with van der Waals surface area (Å²) in [5.41, 5.74) is 7.64. The van der Waals surface area contributed by atoms with Crippen molar-refractivity contribution in [3.05, 3.63) is 35.4 Å². The quantitative estimate of drug-likeness (QED) is 0.796. The first-order valence-corrected chi connectivity index (χ1v) is 5.48. The van der Waals surface area contributed by atoms with E-state index in [-0.39, 0.29) is 5.41 Å². The van der Waals surface area contributed by atoms with Gasteiger partial charge in [0.1, 0.15) is 0 Å². The maximum Gasteiger partial charge on any atom is 0.0855 e. The third-order valence-corrected chi connectivity index (χ3v) is 3.29. The fourth-order valence-corrected chi connectivity index (χ4v) is 1.69. The van der Waals surface area contributed by atoms with Crippen molar-refractivity contribution in [2.24, 2.45) is 11.1 Å². The molecule has 15 heavy (non-hydrogen) atoms. The number of hydrogen-bond donors (Lipinski definition) is 2. The van der Waals surface area contributed by atoms with Crippen LogP contribution >= 0.6 is 0 Å². The predicted octanol–water partition coefficient (Wildman–Crippen LogP) is 2.40. The number of nitrogens with two attached hydrogens (primary N) is 1. The van der Waals surface area contributed by atoms with Crippen LogP contribution in [0, 0.1) is 12.3 Å². The minimum atomic E-state index is -0.479. The largest absolute Gasteiger partial charge is 0.388 e. The Balaban J connectivity index is 2.97. The van der Waals surface area contributed by atoms with Crippen molar-refractivity contribution in [1.29, 1.82) is 0 Å². The molecule has 0 saturated carbocycles. The molecule has 1 rings (SSSR count). The van der Waals surface area contributed by atoms with Gasteiger partial charge in [-0.25, -0.2) is 0 Å². The third kappa shape index (κ3) is 2.58. The SMILES string of the molecule is CCC(C)(CN)C(O)c1cccc(C)c1. The lowest BCUT2D eigenvalue weighted by atomic mass is 9.78. The number of hydrogen-bond acceptors (Lipinski definition) is 2. The monoisotopic (exact) mass is 207 g/mol. The van der Waals surface area contributed by atoms with E-state index in [1.54, 1.807) is 0 Å². The summed E-state index contributed by atoms with van der Waals surface area (Å²) in [5, 5.41) is 10.3. The number of benzene rings is 1. The molecule has 2 atom stereocenters. The van der Waals surface area contributed by atoms with E-state index in [9.17, 15) is 5.11 Å². The van der Waals surface area contributed by atoms with Crippen molar-refractivity contribution < 1.29 is 5.11 Å². The highest BCUT2D eigenvalue weighted by Crippen LogP contribution is 2.35. The van der Waals surface area contributed by atoms with Gasteiger partial charge in [-0.3, -0.25) is 0 Å². The second-order valence-corrected chi connectivity index (χ2v) is 4.53. The molecule has 0 saturated heterocycles. The van der Waals surface area contributed by atoms with E-state index in [0.29, 0.717) is 6.54 Å². The van der Waals surface area contributed by atoms with Crippen LogP contribution in [0.2, 0.25) is 0 Å². The molecule has 0 aliphatic heterocycles. The predicted molar refractivity (Wildman–Crippen MR) is 63.6 cm³/mol. The van der Waals surface area contributed by atoms with E-state index < -0.39 is 6.10 Å². The zero-order chi connectivity index (χ0) is 11.5. The Morgan fingerprint density at radius 1 is 1.47 bits per heavy atom. The van der Waals surface area contributed by atoms with Crippen molar-refractivity contribution in [3.63, 3.8) is 0 Å². The molecule has 1 aromatic rings. The first kappa shape index (κ1) is 12.2. The van der Waals surface area contributed by atoms with Crippen LogP contribution in [-0.2, 0) is 0 Å². The van der Waals surface area contributed by atoms with Gasteiger partial charge in [-0.2, -0.15) is 0 Å². The van der Waals surface area contributed by atoms with Crippen LogP contribution < -0.4 is 5.73 Å². The molecule has 0 aromatic heterocycles. The van der Waals surface area contributed by atoms with E-state index in [4.69, 9.17) is 5.73 Å². The van der Waals surface area contributed by atoms with Crippen molar-refractivity contribution >= 4 is 0 Å². The summed E-state index contributed by atoms with van der Waals surface area (Å²) in [7, 11) is 0. The molecule has 3 N–H and O–H groups in total. The maximum absolute atomic E-state index is 10.3. The highest BCUT2D eigenvalue weighted by molar-refractivity contribution is 5.25. The summed E-state index contributed by atoms with van der Waals surface area (Å²) in [6, 6.07) is 7.98. The first-order chi connectivity index (χ1) is 7.03. The van der Waals surface area contributed by atoms with E-state index in [1.807, 2.05) is 38.1 Å².